The summed E-state index contributed by atoms with van der Waals surface area (Å²) < 4.78 is 1.11. The van der Waals surface area contributed by atoms with Crippen molar-refractivity contribution >= 4 is 28.3 Å². The minimum absolute atomic E-state index is 0.675. The highest BCUT2D eigenvalue weighted by atomic mass is 127. The summed E-state index contributed by atoms with van der Waals surface area (Å²) in [5, 5.41) is 7.18. The zero-order valence-corrected chi connectivity index (χ0v) is 12.1. The van der Waals surface area contributed by atoms with Crippen LogP contribution in [0.25, 0.3) is 22.8 Å². The zero-order chi connectivity index (χ0) is 13.2. The molecule has 3 rings (SSSR count). The number of nitrogens with two attached hydrogens (primary N) is 1. The molecule has 0 radical (unpaired) electrons. The first-order valence-electron chi connectivity index (χ1n) is 5.77. The average Bonchev–Trinajstić information content (AvgIpc) is 2.92. The van der Waals surface area contributed by atoms with Gasteiger partial charge in [-0.25, -0.2) is 4.98 Å². The van der Waals surface area contributed by atoms with Gasteiger partial charge in [0.25, 0.3) is 0 Å². The molecule has 4 nitrogen and oxygen atoms in total. The van der Waals surface area contributed by atoms with Gasteiger partial charge in [0.05, 0.1) is 0 Å². The van der Waals surface area contributed by atoms with Crippen molar-refractivity contribution in [2.24, 2.45) is 0 Å². The highest BCUT2D eigenvalue weighted by Gasteiger charge is 2.10. The standard InChI is InChI=1S/C14H11IN4/c15-10-6-7-12(16)11(8-10)14-17-13(18-19-14)9-4-2-1-3-5-9/h1-8H,16H2,(H,17,18,19). The Morgan fingerprint density at radius 1 is 1.05 bits per heavy atom. The largest absolute Gasteiger partial charge is 0.398 e. The minimum Gasteiger partial charge on any atom is -0.398 e. The molecule has 1 aromatic heterocycles. The van der Waals surface area contributed by atoms with Crippen molar-refractivity contribution in [3.05, 3.63) is 52.1 Å². The van der Waals surface area contributed by atoms with Gasteiger partial charge in [-0.15, -0.1) is 0 Å². The number of nitrogens with zero attached hydrogens (tertiary/aromatic N) is 2. The monoisotopic (exact) mass is 362 g/mol. The Balaban J connectivity index is 2.04. The Bertz CT molecular complexity index is 706. The maximum absolute atomic E-state index is 5.98. The molecule has 0 aliphatic rings. The summed E-state index contributed by atoms with van der Waals surface area (Å²) in [5.74, 6) is 1.36. The summed E-state index contributed by atoms with van der Waals surface area (Å²) in [6.07, 6.45) is 0. The number of hydrogen-bond donors (Lipinski definition) is 2. The number of nitrogens with one attached hydrogen (secondary N) is 1. The molecule has 0 amide bonds. The van der Waals surface area contributed by atoms with Crippen LogP contribution in [0.1, 0.15) is 0 Å². The second kappa shape index (κ2) is 5.00. The van der Waals surface area contributed by atoms with Gasteiger partial charge in [-0.2, -0.15) is 5.10 Å². The predicted molar refractivity (Wildman–Crippen MR) is 84.4 cm³/mol. The molecule has 0 spiro atoms. The smallest absolute Gasteiger partial charge is 0.181 e. The molecule has 0 atom stereocenters. The molecule has 0 bridgehead atoms. The SMILES string of the molecule is Nc1ccc(I)cc1-c1nc(-c2ccccc2)n[nH]1. The Hall–Kier alpha value is -1.89. The maximum Gasteiger partial charge on any atom is 0.181 e. The Morgan fingerprint density at radius 3 is 2.63 bits per heavy atom. The highest BCUT2D eigenvalue weighted by Crippen LogP contribution is 2.26. The van der Waals surface area contributed by atoms with Gasteiger partial charge in [0.2, 0.25) is 0 Å². The van der Waals surface area contributed by atoms with Crippen molar-refractivity contribution < 1.29 is 0 Å². The van der Waals surface area contributed by atoms with Gasteiger partial charge >= 0.3 is 0 Å². The van der Waals surface area contributed by atoms with Gasteiger partial charge in [-0.3, -0.25) is 5.10 Å². The van der Waals surface area contributed by atoms with Crippen LogP contribution >= 0.6 is 22.6 Å². The topological polar surface area (TPSA) is 67.6 Å². The Morgan fingerprint density at radius 2 is 1.84 bits per heavy atom. The molecule has 0 unspecified atom stereocenters. The molecule has 0 aliphatic carbocycles. The second-order valence-electron chi connectivity index (χ2n) is 4.11. The number of benzene rings is 2. The summed E-state index contributed by atoms with van der Waals surface area (Å²) in [5.41, 5.74) is 8.53. The van der Waals surface area contributed by atoms with E-state index in [4.69, 9.17) is 5.73 Å². The summed E-state index contributed by atoms with van der Waals surface area (Å²) in [6.45, 7) is 0. The quantitative estimate of drug-likeness (QED) is 0.543. The van der Waals surface area contributed by atoms with Crippen LogP contribution in [0.3, 0.4) is 0 Å². The number of anilines is 1. The van der Waals surface area contributed by atoms with Crippen LogP contribution in [-0.2, 0) is 0 Å². The van der Waals surface area contributed by atoms with Crippen molar-refractivity contribution in [3.63, 3.8) is 0 Å². The fourth-order valence-corrected chi connectivity index (χ4v) is 2.32. The van der Waals surface area contributed by atoms with Crippen LogP contribution in [0.2, 0.25) is 0 Å². The van der Waals surface area contributed by atoms with Crippen LogP contribution in [0.4, 0.5) is 5.69 Å². The van der Waals surface area contributed by atoms with E-state index in [0.29, 0.717) is 17.3 Å². The number of H-pyrrole nitrogens is 1. The molecule has 5 heteroatoms. The number of aromatic nitrogens is 3. The first kappa shape index (κ1) is 12.2. The lowest BCUT2D eigenvalue weighted by Crippen LogP contribution is -1.92. The first-order chi connectivity index (χ1) is 9.24. The molecule has 2 aromatic carbocycles. The molecule has 0 aliphatic heterocycles. The summed E-state index contributed by atoms with van der Waals surface area (Å²) >= 11 is 2.25. The number of rotatable bonds is 2. The summed E-state index contributed by atoms with van der Waals surface area (Å²) in [6, 6.07) is 15.7. The highest BCUT2D eigenvalue weighted by molar-refractivity contribution is 14.1. The molecule has 1 heterocycles. The number of halogens is 1. The van der Waals surface area contributed by atoms with Crippen LogP contribution in [-0.4, -0.2) is 15.2 Å². The molecule has 3 N–H and O–H groups in total. The predicted octanol–water partition coefficient (Wildman–Crippen LogP) is 3.33. The average molecular weight is 362 g/mol. The molecular formula is C14H11IN4. The van der Waals surface area contributed by atoms with Crippen molar-refractivity contribution in [2.45, 2.75) is 0 Å². The Kier molecular flexibility index (Phi) is 3.20. The third-order valence-corrected chi connectivity index (χ3v) is 3.46. The molecule has 0 saturated carbocycles. The number of nitrogen functional groups attached to an aromatic ring is 1. The molecule has 19 heavy (non-hydrogen) atoms. The van der Waals surface area contributed by atoms with Gasteiger partial charge in [0.1, 0.15) is 0 Å². The third-order valence-electron chi connectivity index (χ3n) is 2.79. The van der Waals surface area contributed by atoms with E-state index in [0.717, 1.165) is 14.7 Å². The minimum atomic E-state index is 0.675. The first-order valence-corrected chi connectivity index (χ1v) is 6.85. The van der Waals surface area contributed by atoms with E-state index in [1.165, 1.54) is 0 Å². The zero-order valence-electron chi connectivity index (χ0n) is 9.97. The lowest BCUT2D eigenvalue weighted by atomic mass is 10.1. The van der Waals surface area contributed by atoms with E-state index in [1.54, 1.807) is 0 Å². The lowest BCUT2D eigenvalue weighted by molar-refractivity contribution is 1.10. The fourth-order valence-electron chi connectivity index (χ4n) is 1.83. The van der Waals surface area contributed by atoms with E-state index in [-0.39, 0.29) is 0 Å². The van der Waals surface area contributed by atoms with Gasteiger partial charge in [0, 0.05) is 20.4 Å². The van der Waals surface area contributed by atoms with Crippen LogP contribution in [0, 0.1) is 3.57 Å². The molecule has 3 aromatic rings. The van der Waals surface area contributed by atoms with Gasteiger partial charge in [-0.05, 0) is 40.8 Å². The summed E-state index contributed by atoms with van der Waals surface area (Å²) in [7, 11) is 0. The Labute approximate surface area is 124 Å². The number of hydrogen-bond acceptors (Lipinski definition) is 3. The van der Waals surface area contributed by atoms with Gasteiger partial charge < -0.3 is 5.73 Å². The van der Waals surface area contributed by atoms with Crippen LogP contribution < -0.4 is 5.73 Å². The van der Waals surface area contributed by atoms with E-state index >= 15 is 0 Å². The van der Waals surface area contributed by atoms with Gasteiger partial charge in [-0.1, -0.05) is 30.3 Å². The molecular weight excluding hydrogens is 351 g/mol. The molecule has 0 fully saturated rings. The van der Waals surface area contributed by atoms with E-state index < -0.39 is 0 Å². The molecule has 0 saturated heterocycles. The van der Waals surface area contributed by atoms with Crippen LogP contribution in [0.5, 0.6) is 0 Å². The molecule has 94 valence electrons. The van der Waals surface area contributed by atoms with E-state index in [9.17, 15) is 0 Å². The second-order valence-corrected chi connectivity index (χ2v) is 5.35. The van der Waals surface area contributed by atoms with Crippen molar-refractivity contribution in [3.8, 4) is 22.8 Å². The maximum atomic E-state index is 5.98. The normalized spacial score (nSPS) is 10.6. The van der Waals surface area contributed by atoms with Crippen molar-refractivity contribution in [2.75, 3.05) is 5.73 Å². The van der Waals surface area contributed by atoms with Crippen LogP contribution in [0.15, 0.2) is 48.5 Å². The third kappa shape index (κ3) is 2.46. The van der Waals surface area contributed by atoms with Crippen molar-refractivity contribution in [1.29, 1.82) is 0 Å². The number of aromatic amines is 1. The van der Waals surface area contributed by atoms with Gasteiger partial charge in [0.15, 0.2) is 11.6 Å². The lowest BCUT2D eigenvalue weighted by Gasteiger charge is -2.01. The van der Waals surface area contributed by atoms with E-state index in [2.05, 4.69) is 37.8 Å². The van der Waals surface area contributed by atoms with Crippen molar-refractivity contribution in [1.82, 2.24) is 15.2 Å². The summed E-state index contributed by atoms with van der Waals surface area (Å²) in [4.78, 5) is 4.50. The fraction of sp³-hybridized carbons (Fsp3) is 0. The van der Waals surface area contributed by atoms with E-state index in [1.807, 2.05) is 48.5 Å².